The summed E-state index contributed by atoms with van der Waals surface area (Å²) in [4.78, 5) is 21.1. The number of aromatic nitrogens is 2. The first kappa shape index (κ1) is 15.4. The summed E-state index contributed by atoms with van der Waals surface area (Å²) in [6.45, 7) is 8.58. The lowest BCUT2D eigenvalue weighted by atomic mass is 9.91. The van der Waals surface area contributed by atoms with E-state index in [2.05, 4.69) is 15.3 Å². The second-order valence-corrected chi connectivity index (χ2v) is 7.20. The van der Waals surface area contributed by atoms with Crippen molar-refractivity contribution in [3.8, 4) is 0 Å². The summed E-state index contributed by atoms with van der Waals surface area (Å²) in [5, 5.41) is 13.4. The number of anilines is 1. The van der Waals surface area contributed by atoms with Crippen molar-refractivity contribution >= 4 is 23.1 Å². The Balaban J connectivity index is 2.25. The van der Waals surface area contributed by atoms with Crippen LogP contribution in [0.2, 0.25) is 0 Å². The van der Waals surface area contributed by atoms with Gasteiger partial charge in [0, 0.05) is 22.2 Å². The second kappa shape index (κ2) is 5.81. The molecule has 0 radical (unpaired) electrons. The summed E-state index contributed by atoms with van der Waals surface area (Å²) in [5.41, 5.74) is 0.798. The number of rotatable bonds is 4. The Morgan fingerprint density at radius 2 is 2.10 bits per heavy atom. The van der Waals surface area contributed by atoms with Crippen molar-refractivity contribution in [3.05, 3.63) is 39.5 Å². The van der Waals surface area contributed by atoms with Crippen molar-refractivity contribution in [1.82, 2.24) is 9.97 Å². The van der Waals surface area contributed by atoms with Crippen LogP contribution in [0.3, 0.4) is 0 Å². The van der Waals surface area contributed by atoms with Gasteiger partial charge in [0.25, 0.3) is 0 Å². The maximum atomic E-state index is 11.2. The van der Waals surface area contributed by atoms with Crippen LogP contribution in [0, 0.1) is 6.92 Å². The first-order chi connectivity index (χ1) is 9.75. The predicted molar refractivity (Wildman–Crippen MR) is 84.1 cm³/mol. The van der Waals surface area contributed by atoms with E-state index in [-0.39, 0.29) is 11.0 Å². The van der Waals surface area contributed by atoms with Crippen molar-refractivity contribution in [2.24, 2.45) is 0 Å². The van der Waals surface area contributed by atoms with Gasteiger partial charge in [-0.3, -0.25) is 0 Å². The molecule has 2 heterocycles. The molecule has 2 rings (SSSR count). The van der Waals surface area contributed by atoms with Crippen molar-refractivity contribution in [2.75, 3.05) is 5.32 Å². The van der Waals surface area contributed by atoms with Gasteiger partial charge in [0.15, 0.2) is 0 Å². The van der Waals surface area contributed by atoms with Gasteiger partial charge < -0.3 is 10.4 Å². The highest BCUT2D eigenvalue weighted by molar-refractivity contribution is 7.11. The van der Waals surface area contributed by atoms with Gasteiger partial charge in [-0.15, -0.1) is 11.3 Å². The minimum absolute atomic E-state index is 0.205. The second-order valence-electron chi connectivity index (χ2n) is 5.88. The van der Waals surface area contributed by atoms with Crippen LogP contribution in [-0.2, 0) is 12.0 Å². The number of hydrogen-bond donors (Lipinski definition) is 2. The first-order valence-electron chi connectivity index (χ1n) is 6.67. The van der Waals surface area contributed by atoms with Crippen molar-refractivity contribution in [2.45, 2.75) is 39.7 Å². The number of carboxylic acid groups (broad SMARTS) is 1. The number of hydrogen-bond acceptors (Lipinski definition) is 5. The van der Waals surface area contributed by atoms with Crippen LogP contribution in [0.15, 0.2) is 18.3 Å². The fourth-order valence-corrected chi connectivity index (χ4v) is 2.53. The Kier molecular flexibility index (Phi) is 4.27. The number of carboxylic acids is 1. The van der Waals surface area contributed by atoms with Crippen LogP contribution < -0.4 is 5.32 Å². The Hall–Kier alpha value is -1.95. The molecular formula is C15H19N3O2S. The minimum atomic E-state index is -0.945. The average molecular weight is 305 g/mol. The quantitative estimate of drug-likeness (QED) is 0.905. The summed E-state index contributed by atoms with van der Waals surface area (Å²) >= 11 is 1.61. The molecule has 0 saturated heterocycles. The number of pyridine rings is 1. The standard InChI is InChI=1S/C15H19N3O2S/c1-9-16-7-11(21-9)8-17-13-6-10(14(19)20)5-12(18-13)15(2,3)4/h5-7H,8H2,1-4H3,(H,17,18)(H,19,20). The highest BCUT2D eigenvalue weighted by atomic mass is 32.1. The van der Waals surface area contributed by atoms with Crippen LogP contribution in [0.5, 0.6) is 0 Å². The monoisotopic (exact) mass is 305 g/mol. The van der Waals surface area contributed by atoms with Crippen molar-refractivity contribution in [3.63, 3.8) is 0 Å². The van der Waals surface area contributed by atoms with E-state index in [1.807, 2.05) is 33.9 Å². The predicted octanol–water partition coefficient (Wildman–Crippen LogP) is 3.45. The molecule has 0 aromatic carbocycles. The molecule has 0 aliphatic carbocycles. The lowest BCUT2D eigenvalue weighted by Crippen LogP contribution is -2.16. The molecule has 0 bridgehead atoms. The summed E-state index contributed by atoms with van der Waals surface area (Å²) in [7, 11) is 0. The Morgan fingerprint density at radius 1 is 1.38 bits per heavy atom. The van der Waals surface area contributed by atoms with E-state index in [0.717, 1.165) is 15.6 Å². The third-order valence-corrected chi connectivity index (χ3v) is 3.87. The Morgan fingerprint density at radius 3 is 2.62 bits per heavy atom. The zero-order valence-electron chi connectivity index (χ0n) is 12.6. The van der Waals surface area contributed by atoms with Crippen LogP contribution in [0.1, 0.15) is 46.7 Å². The van der Waals surface area contributed by atoms with Gasteiger partial charge in [0.2, 0.25) is 0 Å². The molecule has 21 heavy (non-hydrogen) atoms. The number of carbonyl (C=O) groups is 1. The topological polar surface area (TPSA) is 75.1 Å². The summed E-state index contributed by atoms with van der Waals surface area (Å²) in [5.74, 6) is -0.370. The van der Waals surface area contributed by atoms with E-state index in [9.17, 15) is 9.90 Å². The van der Waals surface area contributed by atoms with Gasteiger partial charge in [-0.25, -0.2) is 14.8 Å². The van der Waals surface area contributed by atoms with Crippen molar-refractivity contribution in [1.29, 1.82) is 0 Å². The van der Waals surface area contributed by atoms with Crippen LogP contribution in [-0.4, -0.2) is 21.0 Å². The molecule has 0 aliphatic heterocycles. The van der Waals surface area contributed by atoms with Gasteiger partial charge >= 0.3 is 5.97 Å². The van der Waals surface area contributed by atoms with Gasteiger partial charge in [0.1, 0.15) is 5.82 Å². The lowest BCUT2D eigenvalue weighted by molar-refractivity contribution is 0.0696. The Labute approximate surface area is 128 Å². The maximum Gasteiger partial charge on any atom is 0.335 e. The summed E-state index contributed by atoms with van der Waals surface area (Å²) in [6.07, 6.45) is 1.82. The smallest absolute Gasteiger partial charge is 0.335 e. The van der Waals surface area contributed by atoms with Crippen LogP contribution in [0.4, 0.5) is 5.82 Å². The van der Waals surface area contributed by atoms with Crippen molar-refractivity contribution < 1.29 is 9.90 Å². The molecule has 0 spiro atoms. The zero-order valence-corrected chi connectivity index (χ0v) is 13.4. The van der Waals surface area contributed by atoms with Gasteiger partial charge in [0.05, 0.1) is 17.1 Å². The molecule has 2 N–H and O–H groups in total. The van der Waals surface area contributed by atoms with E-state index < -0.39 is 5.97 Å². The largest absolute Gasteiger partial charge is 0.478 e. The first-order valence-corrected chi connectivity index (χ1v) is 7.48. The molecule has 0 aliphatic rings. The van der Waals surface area contributed by atoms with Crippen LogP contribution in [0.25, 0.3) is 0 Å². The molecule has 5 nitrogen and oxygen atoms in total. The molecule has 2 aromatic heterocycles. The third-order valence-electron chi connectivity index (χ3n) is 2.95. The van der Waals surface area contributed by atoms with Gasteiger partial charge in [-0.05, 0) is 19.1 Å². The SMILES string of the molecule is Cc1ncc(CNc2cc(C(=O)O)cc(C(C)(C)C)n2)s1. The van der Waals surface area contributed by atoms with E-state index >= 15 is 0 Å². The molecule has 0 saturated carbocycles. The molecular weight excluding hydrogens is 286 g/mol. The summed E-state index contributed by atoms with van der Waals surface area (Å²) in [6, 6.07) is 3.19. The molecule has 6 heteroatoms. The fraction of sp³-hybridized carbons (Fsp3) is 0.400. The fourth-order valence-electron chi connectivity index (χ4n) is 1.79. The van der Waals surface area contributed by atoms with E-state index in [0.29, 0.717) is 12.4 Å². The number of aryl methyl sites for hydroxylation is 1. The van der Waals surface area contributed by atoms with Gasteiger partial charge in [-0.1, -0.05) is 20.8 Å². The third kappa shape index (κ3) is 4.01. The Bertz CT molecular complexity index is 659. The molecule has 0 unspecified atom stereocenters. The molecule has 0 amide bonds. The van der Waals surface area contributed by atoms with Crippen LogP contribution >= 0.6 is 11.3 Å². The molecule has 112 valence electrons. The number of nitrogens with zero attached hydrogens (tertiary/aromatic N) is 2. The number of aromatic carboxylic acids is 1. The van der Waals surface area contributed by atoms with E-state index in [1.54, 1.807) is 23.5 Å². The highest BCUT2D eigenvalue weighted by Crippen LogP contribution is 2.24. The maximum absolute atomic E-state index is 11.2. The molecule has 2 aromatic rings. The average Bonchev–Trinajstić information content (AvgIpc) is 2.81. The lowest BCUT2D eigenvalue weighted by Gasteiger charge is -2.19. The number of thiazole rings is 1. The summed E-state index contributed by atoms with van der Waals surface area (Å²) < 4.78 is 0. The number of nitrogens with one attached hydrogen (secondary N) is 1. The molecule has 0 atom stereocenters. The normalized spacial score (nSPS) is 11.4. The molecule has 0 fully saturated rings. The van der Waals surface area contributed by atoms with E-state index in [1.165, 1.54) is 0 Å². The highest BCUT2D eigenvalue weighted by Gasteiger charge is 2.19. The van der Waals surface area contributed by atoms with E-state index in [4.69, 9.17) is 0 Å². The van der Waals surface area contributed by atoms with Gasteiger partial charge in [-0.2, -0.15) is 0 Å². The minimum Gasteiger partial charge on any atom is -0.478 e. The zero-order chi connectivity index (χ0) is 15.6.